The second-order valence-electron chi connectivity index (χ2n) is 6.08. The molecule has 154 valence electrons. The Morgan fingerprint density at radius 1 is 1.07 bits per heavy atom. The van der Waals surface area contributed by atoms with Gasteiger partial charge in [0.05, 0.1) is 16.2 Å². The first kappa shape index (κ1) is 22.5. The van der Waals surface area contributed by atoms with Crippen molar-refractivity contribution in [2.75, 3.05) is 18.4 Å². The smallest absolute Gasteiger partial charge is 0.339 e. The molecule has 8 heteroatoms. The van der Waals surface area contributed by atoms with Gasteiger partial charge in [-0.1, -0.05) is 41.9 Å². The molecule has 0 radical (unpaired) electrons. The summed E-state index contributed by atoms with van der Waals surface area (Å²) in [5.74, 6) is -1.22. The van der Waals surface area contributed by atoms with E-state index >= 15 is 0 Å². The van der Waals surface area contributed by atoms with E-state index in [-0.39, 0.29) is 27.7 Å². The minimum Gasteiger partial charge on any atom is -0.339 e. The van der Waals surface area contributed by atoms with Crippen molar-refractivity contribution in [2.24, 2.45) is 0 Å². The highest BCUT2D eigenvalue weighted by molar-refractivity contribution is 6.34. The van der Waals surface area contributed by atoms with Crippen LogP contribution in [-0.2, 0) is 4.79 Å². The maximum absolute atomic E-state index is 13.3. The van der Waals surface area contributed by atoms with E-state index < -0.39 is 17.7 Å². The lowest BCUT2D eigenvalue weighted by Crippen LogP contribution is -2.30. The van der Waals surface area contributed by atoms with E-state index in [0.717, 1.165) is 0 Å². The number of nitrogens with zero attached hydrogens (tertiary/aromatic N) is 1. The Labute approximate surface area is 172 Å². The summed E-state index contributed by atoms with van der Waals surface area (Å²) in [6.07, 6.45) is -4.20. The number of hydrogen-bond donors (Lipinski definition) is 1. The van der Waals surface area contributed by atoms with E-state index in [0.29, 0.717) is 19.2 Å². The number of carbonyl (C=O) groups is 2. The Kier molecular flexibility index (Phi) is 7.45. The Bertz CT molecular complexity index is 908. The standard InChI is InChI=1S/C21H20ClF3N2O2/c1-3-27(4-2)20(29)16-11-10-15(12-18(16)22)26-19(28)13-17(21(23,24)25)14-8-6-5-7-9-14/h5-13H,3-4H2,1-2H3,(H,26,28)/b17-13-. The van der Waals surface area contributed by atoms with E-state index in [4.69, 9.17) is 11.6 Å². The molecule has 0 aliphatic heterocycles. The fourth-order valence-corrected chi connectivity index (χ4v) is 2.96. The van der Waals surface area contributed by atoms with Gasteiger partial charge in [0.25, 0.3) is 5.91 Å². The van der Waals surface area contributed by atoms with Gasteiger partial charge in [-0.25, -0.2) is 0 Å². The summed E-state index contributed by atoms with van der Waals surface area (Å²) in [5, 5.41) is 2.45. The summed E-state index contributed by atoms with van der Waals surface area (Å²) in [6.45, 7) is 4.69. The summed E-state index contributed by atoms with van der Waals surface area (Å²) in [6, 6.07) is 11.2. The molecule has 29 heavy (non-hydrogen) atoms. The highest BCUT2D eigenvalue weighted by atomic mass is 35.5. The third-order valence-electron chi connectivity index (χ3n) is 4.18. The molecule has 1 N–H and O–H groups in total. The number of rotatable bonds is 6. The van der Waals surface area contributed by atoms with Crippen LogP contribution in [0.25, 0.3) is 5.57 Å². The molecule has 0 saturated carbocycles. The first-order chi connectivity index (χ1) is 13.7. The monoisotopic (exact) mass is 424 g/mol. The number of halogens is 4. The van der Waals surface area contributed by atoms with E-state index in [1.807, 2.05) is 13.8 Å². The van der Waals surface area contributed by atoms with Crippen molar-refractivity contribution in [3.05, 3.63) is 70.8 Å². The van der Waals surface area contributed by atoms with E-state index in [9.17, 15) is 22.8 Å². The molecule has 0 saturated heterocycles. The molecule has 0 bridgehead atoms. The molecule has 0 aromatic heterocycles. The van der Waals surface area contributed by atoms with Crippen molar-refractivity contribution < 1.29 is 22.8 Å². The molecule has 0 aliphatic carbocycles. The summed E-state index contributed by atoms with van der Waals surface area (Å²) in [4.78, 5) is 26.1. The largest absolute Gasteiger partial charge is 0.417 e. The van der Waals surface area contributed by atoms with Crippen LogP contribution in [0.4, 0.5) is 18.9 Å². The molecule has 2 amide bonds. The fraction of sp³-hybridized carbons (Fsp3) is 0.238. The first-order valence-corrected chi connectivity index (χ1v) is 9.29. The van der Waals surface area contributed by atoms with Crippen LogP contribution in [0.1, 0.15) is 29.8 Å². The molecule has 4 nitrogen and oxygen atoms in total. The Balaban J connectivity index is 2.25. The number of benzene rings is 2. The molecule has 0 spiro atoms. The zero-order valence-corrected chi connectivity index (χ0v) is 16.6. The topological polar surface area (TPSA) is 49.4 Å². The predicted octanol–water partition coefficient (Wildman–Crippen LogP) is 5.41. The Hall–Kier alpha value is -2.80. The number of anilines is 1. The van der Waals surface area contributed by atoms with Crippen molar-refractivity contribution >= 4 is 34.7 Å². The van der Waals surface area contributed by atoms with E-state index in [1.54, 1.807) is 11.0 Å². The van der Waals surface area contributed by atoms with Gasteiger partial charge in [-0.05, 0) is 37.6 Å². The minimum absolute atomic E-state index is 0.0998. The van der Waals surface area contributed by atoms with Crippen molar-refractivity contribution in [3.63, 3.8) is 0 Å². The molecule has 2 aromatic rings. The first-order valence-electron chi connectivity index (χ1n) is 8.91. The summed E-state index contributed by atoms with van der Waals surface area (Å²) in [5.41, 5.74) is -0.741. The van der Waals surface area contributed by atoms with Gasteiger partial charge in [0.15, 0.2) is 0 Å². The van der Waals surface area contributed by atoms with Crippen LogP contribution < -0.4 is 5.32 Å². The second kappa shape index (κ2) is 9.60. The zero-order chi connectivity index (χ0) is 21.6. The van der Waals surface area contributed by atoms with Gasteiger partial charge in [0.2, 0.25) is 5.91 Å². The average Bonchev–Trinajstić information content (AvgIpc) is 2.67. The molecule has 0 atom stereocenters. The number of allylic oxidation sites excluding steroid dienone is 1. The van der Waals surface area contributed by atoms with Crippen LogP contribution in [0.15, 0.2) is 54.6 Å². The van der Waals surface area contributed by atoms with Gasteiger partial charge in [0.1, 0.15) is 0 Å². The summed E-state index contributed by atoms with van der Waals surface area (Å²) >= 11 is 6.15. The molecule has 0 aliphatic rings. The van der Waals surface area contributed by atoms with Gasteiger partial charge >= 0.3 is 6.18 Å². The number of nitrogens with one attached hydrogen (secondary N) is 1. The quantitative estimate of drug-likeness (QED) is 0.630. The van der Waals surface area contributed by atoms with Gasteiger partial charge in [-0.3, -0.25) is 9.59 Å². The zero-order valence-electron chi connectivity index (χ0n) is 15.9. The van der Waals surface area contributed by atoms with Crippen LogP contribution in [0.3, 0.4) is 0 Å². The Morgan fingerprint density at radius 2 is 1.69 bits per heavy atom. The van der Waals surface area contributed by atoms with E-state index in [2.05, 4.69) is 5.32 Å². The Morgan fingerprint density at radius 3 is 2.21 bits per heavy atom. The lowest BCUT2D eigenvalue weighted by molar-refractivity contribution is -0.112. The SMILES string of the molecule is CCN(CC)C(=O)c1ccc(NC(=O)/C=C(/c2ccccc2)C(F)(F)F)cc1Cl. The predicted molar refractivity (Wildman–Crippen MR) is 108 cm³/mol. The summed E-state index contributed by atoms with van der Waals surface area (Å²) in [7, 11) is 0. The van der Waals surface area contributed by atoms with Crippen molar-refractivity contribution in [3.8, 4) is 0 Å². The molecule has 0 unspecified atom stereocenters. The lowest BCUT2D eigenvalue weighted by Gasteiger charge is -2.19. The number of carbonyl (C=O) groups excluding carboxylic acids is 2. The van der Waals surface area contributed by atoms with Gasteiger partial charge in [0, 0.05) is 24.9 Å². The fourth-order valence-electron chi connectivity index (χ4n) is 2.70. The van der Waals surface area contributed by atoms with E-state index in [1.165, 1.54) is 42.5 Å². The van der Waals surface area contributed by atoms with Crippen molar-refractivity contribution in [2.45, 2.75) is 20.0 Å². The second-order valence-corrected chi connectivity index (χ2v) is 6.49. The average molecular weight is 425 g/mol. The van der Waals surface area contributed by atoms with Crippen LogP contribution in [0.2, 0.25) is 5.02 Å². The minimum atomic E-state index is -4.70. The highest BCUT2D eigenvalue weighted by Crippen LogP contribution is 2.33. The van der Waals surface area contributed by atoms with Crippen LogP contribution in [-0.4, -0.2) is 36.0 Å². The van der Waals surface area contributed by atoms with Crippen LogP contribution >= 0.6 is 11.6 Å². The van der Waals surface area contributed by atoms with Gasteiger partial charge in [-0.15, -0.1) is 0 Å². The van der Waals surface area contributed by atoms with Crippen molar-refractivity contribution in [1.82, 2.24) is 4.90 Å². The molecule has 2 rings (SSSR count). The number of amides is 2. The van der Waals surface area contributed by atoms with Gasteiger partial charge < -0.3 is 10.2 Å². The maximum atomic E-state index is 13.3. The normalized spacial score (nSPS) is 11.9. The molecule has 0 heterocycles. The third-order valence-corrected chi connectivity index (χ3v) is 4.50. The third kappa shape index (κ3) is 5.84. The molecule has 0 fully saturated rings. The number of hydrogen-bond acceptors (Lipinski definition) is 2. The highest BCUT2D eigenvalue weighted by Gasteiger charge is 2.35. The van der Waals surface area contributed by atoms with Gasteiger partial charge in [-0.2, -0.15) is 13.2 Å². The van der Waals surface area contributed by atoms with Crippen LogP contribution in [0, 0.1) is 0 Å². The molecular weight excluding hydrogens is 405 g/mol. The number of alkyl halides is 3. The maximum Gasteiger partial charge on any atom is 0.417 e. The lowest BCUT2D eigenvalue weighted by atomic mass is 10.1. The molecular formula is C21H20ClF3N2O2. The van der Waals surface area contributed by atoms with Crippen LogP contribution in [0.5, 0.6) is 0 Å². The van der Waals surface area contributed by atoms with Crippen molar-refractivity contribution in [1.29, 1.82) is 0 Å². The molecule has 2 aromatic carbocycles. The summed E-state index contributed by atoms with van der Waals surface area (Å²) < 4.78 is 40.0.